The number of aryl methyl sites for hydroxylation is 1. The Morgan fingerprint density at radius 1 is 1.32 bits per heavy atom. The molecule has 0 bridgehead atoms. The van der Waals surface area contributed by atoms with Gasteiger partial charge in [0.2, 0.25) is 5.95 Å². The molecule has 96 valence electrons. The van der Waals surface area contributed by atoms with Gasteiger partial charge in [-0.05, 0) is 52.2 Å². The monoisotopic (exact) mass is 317 g/mol. The molecular weight excluding hydrogens is 306 g/mol. The van der Waals surface area contributed by atoms with E-state index in [0.29, 0.717) is 12.5 Å². The minimum Gasteiger partial charge on any atom is -0.349 e. The number of halogens is 1. The topological polar surface area (TPSA) is 55.1 Å². The quantitative estimate of drug-likeness (QED) is 0.807. The van der Waals surface area contributed by atoms with Crippen molar-refractivity contribution in [1.29, 1.82) is 0 Å². The number of nitrogens with zero attached hydrogens (tertiary/aromatic N) is 4. The lowest BCUT2D eigenvalue weighted by atomic mass is 10.2. The van der Waals surface area contributed by atoms with Crippen LogP contribution in [0.5, 0.6) is 0 Å². The van der Waals surface area contributed by atoms with Gasteiger partial charge >= 0.3 is 0 Å². The van der Waals surface area contributed by atoms with Crippen LogP contribution in [0.1, 0.15) is 11.1 Å². The van der Waals surface area contributed by atoms with Crippen LogP contribution in [-0.2, 0) is 6.54 Å². The molecule has 0 aromatic carbocycles. The van der Waals surface area contributed by atoms with Gasteiger partial charge < -0.3 is 5.32 Å². The molecule has 0 saturated carbocycles. The molecule has 3 aromatic heterocycles. The molecule has 0 aliphatic carbocycles. The van der Waals surface area contributed by atoms with E-state index in [1.165, 1.54) is 5.56 Å². The summed E-state index contributed by atoms with van der Waals surface area (Å²) < 4.78 is 2.71. The van der Waals surface area contributed by atoms with E-state index in [4.69, 9.17) is 0 Å². The van der Waals surface area contributed by atoms with Gasteiger partial charge in [-0.1, -0.05) is 0 Å². The number of rotatable bonds is 3. The fourth-order valence-corrected chi connectivity index (χ4v) is 2.12. The van der Waals surface area contributed by atoms with Crippen LogP contribution in [0, 0.1) is 6.92 Å². The first-order chi connectivity index (χ1) is 9.22. The molecular formula is C13H12BrN5. The van der Waals surface area contributed by atoms with Crippen LogP contribution in [0.15, 0.2) is 41.3 Å². The molecule has 0 amide bonds. The number of anilines is 1. The molecule has 0 aliphatic heterocycles. The predicted molar refractivity (Wildman–Crippen MR) is 77.0 cm³/mol. The average molecular weight is 318 g/mol. The second-order valence-electron chi connectivity index (χ2n) is 4.24. The first-order valence-electron chi connectivity index (χ1n) is 5.88. The largest absolute Gasteiger partial charge is 0.349 e. The average Bonchev–Trinajstić information content (AvgIpc) is 2.79. The summed E-state index contributed by atoms with van der Waals surface area (Å²) in [6.45, 7) is 2.73. The van der Waals surface area contributed by atoms with Crippen molar-refractivity contribution < 1.29 is 0 Å². The van der Waals surface area contributed by atoms with Crippen molar-refractivity contribution in [2.24, 2.45) is 0 Å². The predicted octanol–water partition coefficient (Wildman–Crippen LogP) is 2.81. The van der Waals surface area contributed by atoms with Crippen LogP contribution in [0.2, 0.25) is 0 Å². The Kier molecular flexibility index (Phi) is 3.16. The zero-order valence-electron chi connectivity index (χ0n) is 10.3. The van der Waals surface area contributed by atoms with Gasteiger partial charge in [0.1, 0.15) is 0 Å². The summed E-state index contributed by atoms with van der Waals surface area (Å²) in [5, 5.41) is 7.57. The molecule has 0 aliphatic rings. The molecule has 5 nitrogen and oxygen atoms in total. The third-order valence-electron chi connectivity index (χ3n) is 2.88. The van der Waals surface area contributed by atoms with E-state index >= 15 is 0 Å². The fraction of sp³-hybridized carbons (Fsp3) is 0.154. The molecule has 3 rings (SSSR count). The lowest BCUT2D eigenvalue weighted by Gasteiger charge is -2.04. The van der Waals surface area contributed by atoms with Crippen LogP contribution in [0.25, 0.3) is 5.65 Å². The number of hydrogen-bond acceptors (Lipinski definition) is 4. The molecule has 1 N–H and O–H groups in total. The van der Waals surface area contributed by atoms with Gasteiger partial charge in [0.25, 0.3) is 0 Å². The summed E-state index contributed by atoms with van der Waals surface area (Å²) in [5.41, 5.74) is 3.16. The Morgan fingerprint density at radius 2 is 2.21 bits per heavy atom. The van der Waals surface area contributed by atoms with Gasteiger partial charge in [-0.2, -0.15) is 4.98 Å². The summed E-state index contributed by atoms with van der Waals surface area (Å²) >= 11 is 3.41. The number of hydrogen-bond donors (Lipinski definition) is 1. The second-order valence-corrected chi connectivity index (χ2v) is 5.16. The summed E-state index contributed by atoms with van der Waals surface area (Å²) in [5.74, 6) is 0.612. The molecule has 0 fully saturated rings. The number of aromatic nitrogens is 4. The van der Waals surface area contributed by atoms with E-state index in [9.17, 15) is 0 Å². The maximum Gasteiger partial charge on any atom is 0.243 e. The van der Waals surface area contributed by atoms with Crippen LogP contribution in [0.3, 0.4) is 0 Å². The SMILES string of the molecule is Cc1ccncc1CNc1nc2ccc(Br)cn2n1. The van der Waals surface area contributed by atoms with E-state index in [0.717, 1.165) is 15.7 Å². The van der Waals surface area contributed by atoms with Crippen LogP contribution >= 0.6 is 15.9 Å². The van der Waals surface area contributed by atoms with Crippen LogP contribution in [-0.4, -0.2) is 19.6 Å². The summed E-state index contributed by atoms with van der Waals surface area (Å²) in [6, 6.07) is 5.85. The molecule has 6 heteroatoms. The fourth-order valence-electron chi connectivity index (χ4n) is 1.79. The standard InChI is InChI=1S/C13H12BrN5/c1-9-4-5-15-6-10(9)7-16-13-17-12-3-2-11(14)8-19(12)18-13/h2-6,8H,7H2,1H3,(H,16,18). The Hall–Kier alpha value is -1.95. The number of pyridine rings is 2. The second kappa shape index (κ2) is 4.97. The highest BCUT2D eigenvalue weighted by Crippen LogP contribution is 2.13. The van der Waals surface area contributed by atoms with Gasteiger partial charge in [-0.25, -0.2) is 4.52 Å². The zero-order valence-corrected chi connectivity index (χ0v) is 11.9. The molecule has 3 aromatic rings. The highest BCUT2D eigenvalue weighted by molar-refractivity contribution is 9.10. The smallest absolute Gasteiger partial charge is 0.243 e. The van der Waals surface area contributed by atoms with Crippen molar-refractivity contribution in [3.8, 4) is 0 Å². The van der Waals surface area contributed by atoms with Gasteiger partial charge in [0, 0.05) is 29.6 Å². The van der Waals surface area contributed by atoms with Crippen molar-refractivity contribution in [3.63, 3.8) is 0 Å². The highest BCUT2D eigenvalue weighted by Gasteiger charge is 2.04. The summed E-state index contributed by atoms with van der Waals surface area (Å²) in [4.78, 5) is 8.52. The third-order valence-corrected chi connectivity index (χ3v) is 3.35. The summed E-state index contributed by atoms with van der Waals surface area (Å²) in [7, 11) is 0. The Bertz CT molecular complexity index is 722. The molecule has 19 heavy (non-hydrogen) atoms. The Morgan fingerprint density at radius 3 is 3.05 bits per heavy atom. The van der Waals surface area contributed by atoms with Crippen LogP contribution < -0.4 is 5.32 Å². The van der Waals surface area contributed by atoms with E-state index in [1.54, 1.807) is 10.7 Å². The molecule has 0 radical (unpaired) electrons. The van der Waals surface area contributed by atoms with Crippen molar-refractivity contribution in [1.82, 2.24) is 19.6 Å². The van der Waals surface area contributed by atoms with E-state index < -0.39 is 0 Å². The lowest BCUT2D eigenvalue weighted by molar-refractivity contribution is 0.943. The van der Waals surface area contributed by atoms with Gasteiger partial charge in [-0.15, -0.1) is 5.10 Å². The van der Waals surface area contributed by atoms with E-state index in [2.05, 4.69) is 43.2 Å². The zero-order chi connectivity index (χ0) is 13.2. The Labute approximate surface area is 118 Å². The van der Waals surface area contributed by atoms with Crippen molar-refractivity contribution in [2.75, 3.05) is 5.32 Å². The van der Waals surface area contributed by atoms with E-state index in [1.807, 2.05) is 30.6 Å². The van der Waals surface area contributed by atoms with Gasteiger partial charge in [-0.3, -0.25) is 4.98 Å². The molecule has 0 unspecified atom stereocenters. The van der Waals surface area contributed by atoms with Crippen molar-refractivity contribution in [3.05, 3.63) is 52.4 Å². The Balaban J connectivity index is 1.80. The molecule has 0 saturated heterocycles. The van der Waals surface area contributed by atoms with Gasteiger partial charge in [0.15, 0.2) is 5.65 Å². The third kappa shape index (κ3) is 2.58. The first kappa shape index (κ1) is 12.1. The first-order valence-corrected chi connectivity index (χ1v) is 6.67. The number of fused-ring (bicyclic) bond motifs is 1. The number of nitrogens with one attached hydrogen (secondary N) is 1. The summed E-state index contributed by atoms with van der Waals surface area (Å²) in [6.07, 6.45) is 5.52. The maximum absolute atomic E-state index is 4.40. The van der Waals surface area contributed by atoms with E-state index in [-0.39, 0.29) is 0 Å². The molecule has 3 heterocycles. The van der Waals surface area contributed by atoms with Crippen LogP contribution in [0.4, 0.5) is 5.95 Å². The minimum atomic E-state index is 0.612. The highest BCUT2D eigenvalue weighted by atomic mass is 79.9. The lowest BCUT2D eigenvalue weighted by Crippen LogP contribution is -2.03. The molecule has 0 atom stereocenters. The molecule has 0 spiro atoms. The minimum absolute atomic E-state index is 0.612. The normalized spacial score (nSPS) is 10.8. The van der Waals surface area contributed by atoms with Crippen molar-refractivity contribution in [2.45, 2.75) is 13.5 Å². The van der Waals surface area contributed by atoms with Gasteiger partial charge in [0.05, 0.1) is 0 Å². The maximum atomic E-state index is 4.40. The van der Waals surface area contributed by atoms with Crippen molar-refractivity contribution >= 4 is 27.5 Å².